The van der Waals surface area contributed by atoms with Crippen molar-refractivity contribution in [2.45, 2.75) is 174 Å². The number of methoxy groups -OCH3 is 3. The van der Waals surface area contributed by atoms with E-state index in [4.69, 9.17) is 33.2 Å². The van der Waals surface area contributed by atoms with Crippen LogP contribution in [0.5, 0.6) is 0 Å². The molecule has 15 nitrogen and oxygen atoms in total. The first-order chi connectivity index (χ1) is 29.8. The molecule has 3 aliphatic heterocycles. The number of piperidine rings is 1. The number of nitrogens with zero attached hydrogens (tertiary/aromatic N) is 1. The van der Waals surface area contributed by atoms with E-state index in [0.29, 0.717) is 56.1 Å². The Morgan fingerprint density at radius 1 is 0.841 bits per heavy atom. The molecule has 0 radical (unpaired) electrons. The molecule has 0 aromatic carbocycles. The molecular formula is C48H73NO14. The standard InChI is InChI=1S/C48H73NO14/c1-12-15-35-21-27(2)20-28(3)22-41(58-10)44-42(59-11)24-30(5)48(56,63-44)45(53)46(54)49-19-14-13-16-36(49)47(55)62-43(31(6)39(26-37(35)52)61-33(8)51)29(4)23-34-17-18-38(60-32(7)50)40(25-34)57-9/h12,21,23,27-28,30-31,34,36,38-44,56H,1,13-20,22,24-26H2,2-11H3/t27?,28-,30+,31+,34-,36-,38+,39-,40+,41-,42-,43+,44+,48+/m0/s1. The third-order valence-electron chi connectivity index (χ3n) is 13.4. The minimum atomic E-state index is -2.54. The van der Waals surface area contributed by atoms with Crippen molar-refractivity contribution in [3.8, 4) is 0 Å². The summed E-state index contributed by atoms with van der Waals surface area (Å²) in [6, 6.07) is -1.20. The SMILES string of the molecule is C=CCC1=CC(C)C[C@H](C)C[C@H](OC)[C@H]2O[C@@](O)(C(=O)C(=O)N3CCCC[C@H]3C(=O)O[C@H](C(C)=C[C@@H]3CC[C@@H](OC(C)=O)[C@H](OC)C3)[C@H](C)[C@@H](OC(C)=O)CC1=O)[C@H](C)C[C@@H]2OC. The van der Waals surface area contributed by atoms with Crippen LogP contribution in [0.3, 0.4) is 0 Å². The van der Waals surface area contributed by atoms with Crippen LogP contribution < -0.4 is 0 Å². The molecule has 3 fully saturated rings. The largest absolute Gasteiger partial charge is 0.462 e. The number of ketones is 2. The van der Waals surface area contributed by atoms with Crippen molar-refractivity contribution in [1.29, 1.82) is 0 Å². The quantitative estimate of drug-likeness (QED) is 0.127. The van der Waals surface area contributed by atoms with Crippen molar-refractivity contribution in [1.82, 2.24) is 4.90 Å². The van der Waals surface area contributed by atoms with Crippen molar-refractivity contribution >= 4 is 35.4 Å². The van der Waals surface area contributed by atoms with Gasteiger partial charge in [0.05, 0.1) is 18.3 Å². The zero-order valence-corrected chi connectivity index (χ0v) is 39.1. The fourth-order valence-corrected chi connectivity index (χ4v) is 10.1. The number of esters is 3. The lowest BCUT2D eigenvalue weighted by atomic mass is 9.81. The van der Waals surface area contributed by atoms with Gasteiger partial charge in [0, 0.05) is 60.0 Å². The summed E-state index contributed by atoms with van der Waals surface area (Å²) in [7, 11) is 4.60. The van der Waals surface area contributed by atoms with Gasteiger partial charge in [-0.3, -0.25) is 24.0 Å². The minimum absolute atomic E-state index is 0.00115. The van der Waals surface area contributed by atoms with E-state index in [2.05, 4.69) is 6.58 Å². The lowest BCUT2D eigenvalue weighted by molar-refractivity contribution is -0.302. The highest BCUT2D eigenvalue weighted by Gasteiger charge is 2.56. The highest BCUT2D eigenvalue weighted by Crippen LogP contribution is 2.39. The van der Waals surface area contributed by atoms with Crippen LogP contribution in [-0.2, 0) is 61.9 Å². The molecular weight excluding hydrogens is 815 g/mol. The van der Waals surface area contributed by atoms with Crippen molar-refractivity contribution in [2.75, 3.05) is 27.9 Å². The van der Waals surface area contributed by atoms with E-state index in [0.717, 1.165) is 0 Å². The Balaban J connectivity index is 1.83. The second kappa shape index (κ2) is 23.4. The number of carbonyl (C=O) groups is 6. The molecule has 354 valence electrons. The molecule has 0 spiro atoms. The Morgan fingerprint density at radius 2 is 1.48 bits per heavy atom. The highest BCUT2D eigenvalue weighted by molar-refractivity contribution is 6.39. The van der Waals surface area contributed by atoms with Crippen LogP contribution in [0.4, 0.5) is 0 Å². The second-order valence-electron chi connectivity index (χ2n) is 18.4. The van der Waals surface area contributed by atoms with Crippen molar-refractivity contribution < 1.29 is 67.0 Å². The number of amides is 1. The molecule has 1 aliphatic carbocycles. The zero-order chi connectivity index (χ0) is 46.8. The molecule has 1 saturated carbocycles. The number of Topliss-reactive ketones (excluding diaryl/α,β-unsaturated/α-hetero) is 2. The van der Waals surface area contributed by atoms with E-state index in [1.807, 2.05) is 26.0 Å². The molecule has 63 heavy (non-hydrogen) atoms. The molecule has 1 amide bonds. The fraction of sp³-hybridized carbons (Fsp3) is 0.750. The number of fused-ring (bicyclic) bond motifs is 3. The maximum Gasteiger partial charge on any atom is 0.329 e. The highest BCUT2D eigenvalue weighted by atomic mass is 16.7. The number of ether oxygens (including phenoxy) is 7. The summed E-state index contributed by atoms with van der Waals surface area (Å²) in [5, 5.41) is 12.1. The Kier molecular flexibility index (Phi) is 19.3. The average Bonchev–Trinajstić information content (AvgIpc) is 3.23. The summed E-state index contributed by atoms with van der Waals surface area (Å²) in [6.45, 7) is 15.8. The lowest BCUT2D eigenvalue weighted by Gasteiger charge is -2.47. The van der Waals surface area contributed by atoms with Gasteiger partial charge in [0.1, 0.15) is 30.5 Å². The number of aliphatic hydroxyl groups is 1. The molecule has 1 N–H and O–H groups in total. The van der Waals surface area contributed by atoms with Crippen LogP contribution in [-0.4, -0.2) is 128 Å². The molecule has 4 rings (SSSR count). The summed E-state index contributed by atoms with van der Waals surface area (Å²) >= 11 is 0. The smallest absolute Gasteiger partial charge is 0.329 e. The number of hydrogen-bond donors (Lipinski definition) is 1. The predicted molar refractivity (Wildman–Crippen MR) is 232 cm³/mol. The zero-order valence-electron chi connectivity index (χ0n) is 39.1. The molecule has 0 aromatic heterocycles. The van der Waals surface area contributed by atoms with Crippen LogP contribution in [0.25, 0.3) is 0 Å². The van der Waals surface area contributed by atoms with Gasteiger partial charge in [-0.05, 0) is 100 Å². The van der Waals surface area contributed by atoms with Crippen LogP contribution >= 0.6 is 0 Å². The molecule has 0 aromatic rings. The van der Waals surface area contributed by atoms with Crippen LogP contribution in [0, 0.1) is 29.6 Å². The lowest BCUT2D eigenvalue weighted by Crippen LogP contribution is -2.64. The van der Waals surface area contributed by atoms with Crippen molar-refractivity contribution in [3.05, 3.63) is 36.0 Å². The van der Waals surface area contributed by atoms with Crippen molar-refractivity contribution in [3.63, 3.8) is 0 Å². The molecule has 14 atom stereocenters. The molecule has 15 heteroatoms. The fourth-order valence-electron chi connectivity index (χ4n) is 10.1. The van der Waals surface area contributed by atoms with Crippen LogP contribution in [0.1, 0.15) is 119 Å². The maximum atomic E-state index is 14.6. The van der Waals surface area contributed by atoms with Gasteiger partial charge in [-0.1, -0.05) is 45.9 Å². The number of hydrogen-bond acceptors (Lipinski definition) is 14. The van der Waals surface area contributed by atoms with E-state index >= 15 is 0 Å². The number of rotatable bonds is 9. The number of cyclic esters (lactones) is 1. The topological polar surface area (TPSA) is 190 Å². The molecule has 4 aliphatic rings. The maximum absolute atomic E-state index is 14.6. The Hall–Kier alpha value is -3.76. The number of carbonyl (C=O) groups excluding carboxylic acids is 6. The molecule has 1 unspecified atom stereocenters. The monoisotopic (exact) mass is 888 g/mol. The third kappa shape index (κ3) is 13.2. The number of allylic oxidation sites excluding steroid dienone is 4. The van der Waals surface area contributed by atoms with Gasteiger partial charge in [0.15, 0.2) is 5.78 Å². The van der Waals surface area contributed by atoms with Gasteiger partial charge in [-0.2, -0.15) is 0 Å². The van der Waals surface area contributed by atoms with E-state index in [-0.39, 0.29) is 61.9 Å². The Labute approximate surface area is 373 Å². The van der Waals surface area contributed by atoms with Crippen LogP contribution in [0.15, 0.2) is 36.0 Å². The summed E-state index contributed by atoms with van der Waals surface area (Å²) in [5.41, 5.74) is 1.12. The van der Waals surface area contributed by atoms with Gasteiger partial charge >= 0.3 is 17.9 Å². The Morgan fingerprint density at radius 3 is 2.10 bits per heavy atom. The van der Waals surface area contributed by atoms with Gasteiger partial charge in [-0.15, -0.1) is 6.58 Å². The van der Waals surface area contributed by atoms with Crippen molar-refractivity contribution in [2.24, 2.45) is 29.6 Å². The normalized spacial score (nSPS) is 37.1. The summed E-state index contributed by atoms with van der Waals surface area (Å²) in [6.07, 6.45) is 4.76. The molecule has 2 bridgehead atoms. The van der Waals surface area contributed by atoms with Gasteiger partial charge < -0.3 is 43.2 Å². The Bertz CT molecular complexity index is 1710. The molecule has 2 saturated heterocycles. The summed E-state index contributed by atoms with van der Waals surface area (Å²) in [5.74, 6) is -8.67. The van der Waals surface area contributed by atoms with E-state index in [1.165, 1.54) is 33.0 Å². The van der Waals surface area contributed by atoms with Gasteiger partial charge in [0.2, 0.25) is 5.79 Å². The van der Waals surface area contributed by atoms with Gasteiger partial charge in [0.25, 0.3) is 11.7 Å². The first-order valence-electron chi connectivity index (χ1n) is 22.7. The minimum Gasteiger partial charge on any atom is -0.462 e. The average molecular weight is 888 g/mol. The summed E-state index contributed by atoms with van der Waals surface area (Å²) in [4.78, 5) is 83.3. The third-order valence-corrected chi connectivity index (χ3v) is 13.4. The summed E-state index contributed by atoms with van der Waals surface area (Å²) < 4.78 is 41.6. The van der Waals surface area contributed by atoms with E-state index < -0.39 is 89.9 Å². The van der Waals surface area contributed by atoms with Gasteiger partial charge in [-0.25, -0.2) is 4.79 Å². The first-order valence-corrected chi connectivity index (χ1v) is 22.7. The predicted octanol–water partition coefficient (Wildman–Crippen LogP) is 5.78. The first kappa shape index (κ1) is 51.9. The van der Waals surface area contributed by atoms with E-state index in [9.17, 15) is 33.9 Å². The van der Waals surface area contributed by atoms with Crippen LogP contribution in [0.2, 0.25) is 0 Å². The van der Waals surface area contributed by atoms with E-state index in [1.54, 1.807) is 34.0 Å². The second-order valence-corrected chi connectivity index (χ2v) is 18.4. The molecule has 3 heterocycles.